The van der Waals surface area contributed by atoms with E-state index in [9.17, 15) is 5.21 Å². The molecule has 0 spiro atoms. The summed E-state index contributed by atoms with van der Waals surface area (Å²) in [5.74, 6) is 0. The van der Waals surface area contributed by atoms with Crippen molar-refractivity contribution in [2.75, 3.05) is 0 Å². The fourth-order valence-corrected chi connectivity index (χ4v) is 1.54. The standard InChI is InChI=1S/C8H6BrN2O/c9-7-4-10-5-8-6(7)2-1-3-11(8)12/h1-5,12H/q+1. The highest BCUT2D eigenvalue weighted by Gasteiger charge is 2.08. The molecule has 0 aliphatic carbocycles. The zero-order valence-electron chi connectivity index (χ0n) is 6.11. The molecule has 2 aromatic rings. The molecule has 4 heteroatoms. The predicted octanol–water partition coefficient (Wildman–Crippen LogP) is 1.52. The van der Waals surface area contributed by atoms with Gasteiger partial charge in [0, 0.05) is 21.5 Å². The second-order valence-electron chi connectivity index (χ2n) is 2.41. The lowest BCUT2D eigenvalue weighted by molar-refractivity contribution is -0.884. The second-order valence-corrected chi connectivity index (χ2v) is 3.26. The van der Waals surface area contributed by atoms with E-state index in [1.807, 2.05) is 6.07 Å². The van der Waals surface area contributed by atoms with Gasteiger partial charge in [-0.3, -0.25) is 10.2 Å². The summed E-state index contributed by atoms with van der Waals surface area (Å²) in [5, 5.41) is 10.3. The summed E-state index contributed by atoms with van der Waals surface area (Å²) in [6, 6.07) is 3.68. The second kappa shape index (κ2) is 2.71. The van der Waals surface area contributed by atoms with Crippen LogP contribution in [0.5, 0.6) is 0 Å². The number of fused-ring (bicyclic) bond motifs is 1. The number of aromatic nitrogens is 2. The summed E-state index contributed by atoms with van der Waals surface area (Å²) in [7, 11) is 0. The first kappa shape index (κ1) is 7.49. The number of hydrogen-bond acceptors (Lipinski definition) is 2. The first-order chi connectivity index (χ1) is 5.79. The summed E-state index contributed by atoms with van der Waals surface area (Å²) in [6.45, 7) is 0. The Bertz CT molecular complexity index is 389. The Morgan fingerprint density at radius 3 is 3.00 bits per heavy atom. The molecule has 0 saturated heterocycles. The van der Waals surface area contributed by atoms with Crippen molar-refractivity contribution in [2.45, 2.75) is 0 Å². The average molecular weight is 226 g/mol. The van der Waals surface area contributed by atoms with Gasteiger partial charge in [-0.25, -0.2) is 0 Å². The SMILES string of the molecule is O[n+]1cccc2c(Br)cncc21. The van der Waals surface area contributed by atoms with Crippen molar-refractivity contribution < 1.29 is 9.94 Å². The number of halogens is 1. The molecule has 2 aromatic heterocycles. The van der Waals surface area contributed by atoms with Crippen LogP contribution in [0.4, 0.5) is 0 Å². The van der Waals surface area contributed by atoms with Crippen molar-refractivity contribution in [3.8, 4) is 0 Å². The molecule has 0 unspecified atom stereocenters. The summed E-state index contributed by atoms with van der Waals surface area (Å²) in [4.78, 5) is 3.95. The van der Waals surface area contributed by atoms with Crippen molar-refractivity contribution in [3.63, 3.8) is 0 Å². The van der Waals surface area contributed by atoms with E-state index in [1.54, 1.807) is 24.7 Å². The summed E-state index contributed by atoms with van der Waals surface area (Å²) in [6.07, 6.45) is 4.87. The van der Waals surface area contributed by atoms with Crippen LogP contribution in [0, 0.1) is 0 Å². The van der Waals surface area contributed by atoms with Crippen molar-refractivity contribution in [1.82, 2.24) is 4.98 Å². The van der Waals surface area contributed by atoms with Crippen molar-refractivity contribution in [3.05, 3.63) is 35.2 Å². The molecule has 0 fully saturated rings. The van der Waals surface area contributed by atoms with Gasteiger partial charge in [0.2, 0.25) is 6.20 Å². The third kappa shape index (κ3) is 1.04. The minimum absolute atomic E-state index is 0.687. The maximum Gasteiger partial charge on any atom is 0.283 e. The Labute approximate surface area is 77.4 Å². The summed E-state index contributed by atoms with van der Waals surface area (Å²) in [5.41, 5.74) is 0.687. The number of rotatable bonds is 0. The van der Waals surface area contributed by atoms with E-state index < -0.39 is 0 Å². The molecular formula is C8H6BrN2O+. The largest absolute Gasteiger partial charge is 0.284 e. The molecule has 1 N–H and O–H groups in total. The monoisotopic (exact) mass is 225 g/mol. The van der Waals surface area contributed by atoms with Crippen LogP contribution in [0.3, 0.4) is 0 Å². The maximum absolute atomic E-state index is 9.35. The highest BCUT2D eigenvalue weighted by molar-refractivity contribution is 9.10. The lowest BCUT2D eigenvalue weighted by Gasteiger charge is -1.93. The molecule has 0 aliphatic rings. The molecule has 0 saturated carbocycles. The Hall–Kier alpha value is -1.16. The number of nitrogens with zero attached hydrogens (tertiary/aromatic N) is 2. The zero-order valence-corrected chi connectivity index (χ0v) is 7.69. The number of pyridine rings is 2. The van der Waals surface area contributed by atoms with E-state index in [0.717, 1.165) is 14.6 Å². The van der Waals surface area contributed by atoms with Gasteiger partial charge in [0.1, 0.15) is 6.20 Å². The third-order valence-electron chi connectivity index (χ3n) is 1.65. The van der Waals surface area contributed by atoms with Gasteiger partial charge in [0.25, 0.3) is 5.52 Å². The van der Waals surface area contributed by atoms with E-state index in [2.05, 4.69) is 20.9 Å². The quantitative estimate of drug-likeness (QED) is 0.546. The van der Waals surface area contributed by atoms with Gasteiger partial charge in [-0.1, -0.05) is 0 Å². The van der Waals surface area contributed by atoms with Gasteiger partial charge in [-0.2, -0.15) is 0 Å². The molecule has 60 valence electrons. The van der Waals surface area contributed by atoms with Crippen LogP contribution in [0.1, 0.15) is 0 Å². The summed E-state index contributed by atoms with van der Waals surface area (Å²) >= 11 is 3.34. The Morgan fingerprint density at radius 1 is 1.42 bits per heavy atom. The molecule has 2 rings (SSSR count). The highest BCUT2D eigenvalue weighted by atomic mass is 79.9. The van der Waals surface area contributed by atoms with E-state index in [-0.39, 0.29) is 0 Å². The minimum atomic E-state index is 0.687. The van der Waals surface area contributed by atoms with Crippen molar-refractivity contribution >= 4 is 26.8 Å². The van der Waals surface area contributed by atoms with Crippen LogP contribution in [0.25, 0.3) is 10.9 Å². The van der Waals surface area contributed by atoms with Crippen LogP contribution in [-0.2, 0) is 0 Å². The normalized spacial score (nSPS) is 10.4. The highest BCUT2D eigenvalue weighted by Crippen LogP contribution is 2.18. The zero-order chi connectivity index (χ0) is 8.55. The number of hydrogen-bond donors (Lipinski definition) is 1. The Balaban J connectivity index is 2.94. The molecule has 0 bridgehead atoms. The Kier molecular flexibility index (Phi) is 1.69. The Morgan fingerprint density at radius 2 is 2.25 bits per heavy atom. The van der Waals surface area contributed by atoms with Crippen LogP contribution in [0.15, 0.2) is 35.2 Å². The molecule has 12 heavy (non-hydrogen) atoms. The average Bonchev–Trinajstić information content (AvgIpc) is 2.07. The molecular weight excluding hydrogens is 220 g/mol. The van der Waals surface area contributed by atoms with Gasteiger partial charge in [-0.15, -0.1) is 0 Å². The molecule has 0 amide bonds. The molecule has 0 radical (unpaired) electrons. The predicted molar refractivity (Wildman–Crippen MR) is 46.8 cm³/mol. The van der Waals surface area contributed by atoms with Gasteiger partial charge in [0.15, 0.2) is 0 Å². The molecule has 2 heterocycles. The first-order valence-electron chi connectivity index (χ1n) is 3.42. The minimum Gasteiger partial charge on any atom is -0.284 e. The van der Waals surface area contributed by atoms with Crippen LogP contribution in [0.2, 0.25) is 0 Å². The van der Waals surface area contributed by atoms with Crippen LogP contribution >= 0.6 is 15.9 Å². The van der Waals surface area contributed by atoms with Gasteiger partial charge < -0.3 is 0 Å². The fraction of sp³-hybridized carbons (Fsp3) is 0. The smallest absolute Gasteiger partial charge is 0.283 e. The molecule has 3 nitrogen and oxygen atoms in total. The summed E-state index contributed by atoms with van der Waals surface area (Å²) < 4.78 is 1.93. The van der Waals surface area contributed by atoms with Crippen molar-refractivity contribution in [2.24, 2.45) is 0 Å². The van der Waals surface area contributed by atoms with E-state index in [0.29, 0.717) is 5.52 Å². The van der Waals surface area contributed by atoms with Crippen LogP contribution < -0.4 is 4.73 Å². The lowest BCUT2D eigenvalue weighted by Crippen LogP contribution is -2.29. The van der Waals surface area contributed by atoms with E-state index in [1.165, 1.54) is 0 Å². The third-order valence-corrected chi connectivity index (χ3v) is 2.29. The topological polar surface area (TPSA) is 37.0 Å². The lowest BCUT2D eigenvalue weighted by atomic mass is 10.3. The first-order valence-corrected chi connectivity index (χ1v) is 4.21. The van der Waals surface area contributed by atoms with Gasteiger partial charge >= 0.3 is 0 Å². The van der Waals surface area contributed by atoms with Crippen LogP contribution in [-0.4, -0.2) is 10.2 Å². The maximum atomic E-state index is 9.35. The van der Waals surface area contributed by atoms with Crippen molar-refractivity contribution in [1.29, 1.82) is 0 Å². The molecule has 0 atom stereocenters. The van der Waals surface area contributed by atoms with E-state index in [4.69, 9.17) is 0 Å². The van der Waals surface area contributed by atoms with Gasteiger partial charge in [-0.05, 0) is 22.0 Å². The van der Waals surface area contributed by atoms with E-state index >= 15 is 0 Å². The van der Waals surface area contributed by atoms with Gasteiger partial charge in [0.05, 0.1) is 5.39 Å². The fourth-order valence-electron chi connectivity index (χ4n) is 1.08. The molecule has 0 aromatic carbocycles. The molecule has 0 aliphatic heterocycles.